The number of amides is 3. The number of nitrogen functional groups attached to an aromatic ring is 1. The molecule has 1 fully saturated rings. The number of urea groups is 1. The number of carbonyl (C=O) groups excluding carboxylic acids is 2. The van der Waals surface area contributed by atoms with Crippen molar-refractivity contribution in [3.8, 4) is 0 Å². The van der Waals surface area contributed by atoms with E-state index in [0.29, 0.717) is 22.7 Å². The second-order valence-electron chi connectivity index (χ2n) is 4.86. The lowest BCUT2D eigenvalue weighted by atomic mass is 9.99. The fourth-order valence-corrected chi connectivity index (χ4v) is 2.19. The minimum atomic E-state index is -0.829. The van der Waals surface area contributed by atoms with Crippen molar-refractivity contribution >= 4 is 29.2 Å². The van der Waals surface area contributed by atoms with Gasteiger partial charge in [0, 0.05) is 10.7 Å². The van der Waals surface area contributed by atoms with Crippen molar-refractivity contribution in [1.29, 1.82) is 0 Å². The van der Waals surface area contributed by atoms with Gasteiger partial charge in [-0.2, -0.15) is 0 Å². The van der Waals surface area contributed by atoms with E-state index in [0.717, 1.165) is 0 Å². The molecule has 0 bridgehead atoms. The highest BCUT2D eigenvalue weighted by molar-refractivity contribution is 6.31. The molecule has 1 aliphatic rings. The molecule has 1 saturated heterocycles. The molecule has 2 rings (SSSR count). The summed E-state index contributed by atoms with van der Waals surface area (Å²) in [7, 11) is 0. The first-order chi connectivity index (χ1) is 8.87. The lowest BCUT2D eigenvalue weighted by molar-refractivity contribution is -0.131. The third kappa shape index (κ3) is 2.38. The van der Waals surface area contributed by atoms with Crippen molar-refractivity contribution in [2.24, 2.45) is 0 Å². The maximum Gasteiger partial charge on any atom is 0.325 e. The molecule has 0 saturated carbocycles. The molecular weight excluding hydrogens is 266 g/mol. The zero-order valence-electron chi connectivity index (χ0n) is 10.9. The van der Waals surface area contributed by atoms with Crippen LogP contribution in [0.15, 0.2) is 18.2 Å². The summed E-state index contributed by atoms with van der Waals surface area (Å²) < 4.78 is 0. The van der Waals surface area contributed by atoms with Gasteiger partial charge in [-0.05, 0) is 37.1 Å². The van der Waals surface area contributed by atoms with Crippen LogP contribution in [0.1, 0.15) is 25.8 Å². The predicted octanol–water partition coefficient (Wildman–Crippen LogP) is 2.14. The third-order valence-electron chi connectivity index (χ3n) is 3.45. The van der Waals surface area contributed by atoms with Gasteiger partial charge in [0.15, 0.2) is 0 Å². The average Bonchev–Trinajstić information content (AvgIpc) is 2.58. The number of nitrogens with zero attached hydrogens (tertiary/aromatic N) is 1. The molecule has 0 spiro atoms. The van der Waals surface area contributed by atoms with Crippen molar-refractivity contribution < 1.29 is 9.59 Å². The first-order valence-electron chi connectivity index (χ1n) is 6.05. The number of hydrogen-bond acceptors (Lipinski definition) is 3. The van der Waals surface area contributed by atoms with Crippen molar-refractivity contribution in [3.05, 3.63) is 28.8 Å². The molecular formula is C13H16ClN3O2. The Hall–Kier alpha value is -1.75. The Bertz CT molecular complexity index is 547. The van der Waals surface area contributed by atoms with E-state index in [4.69, 9.17) is 17.3 Å². The average molecular weight is 282 g/mol. The quantitative estimate of drug-likeness (QED) is 0.658. The number of nitrogens with two attached hydrogens (primary N) is 1. The second kappa shape index (κ2) is 4.74. The fraction of sp³-hybridized carbons (Fsp3) is 0.385. The first-order valence-corrected chi connectivity index (χ1v) is 6.43. The van der Waals surface area contributed by atoms with E-state index in [1.807, 2.05) is 6.92 Å². The van der Waals surface area contributed by atoms with E-state index in [1.165, 1.54) is 4.90 Å². The lowest BCUT2D eigenvalue weighted by Gasteiger charge is -2.19. The number of benzene rings is 1. The van der Waals surface area contributed by atoms with E-state index in [9.17, 15) is 9.59 Å². The zero-order valence-corrected chi connectivity index (χ0v) is 11.6. The minimum Gasteiger partial charge on any atom is -0.399 e. The molecule has 3 N–H and O–H groups in total. The van der Waals surface area contributed by atoms with Crippen LogP contribution in [0.2, 0.25) is 5.02 Å². The third-order valence-corrected chi connectivity index (χ3v) is 3.82. The predicted molar refractivity (Wildman–Crippen MR) is 73.6 cm³/mol. The van der Waals surface area contributed by atoms with E-state index >= 15 is 0 Å². The first kappa shape index (κ1) is 13.7. The summed E-state index contributed by atoms with van der Waals surface area (Å²) in [5.41, 5.74) is 6.06. The highest BCUT2D eigenvalue weighted by Crippen LogP contribution is 2.26. The molecule has 102 valence electrons. The molecule has 1 unspecified atom stereocenters. The molecule has 19 heavy (non-hydrogen) atoms. The van der Waals surface area contributed by atoms with Crippen molar-refractivity contribution in [1.82, 2.24) is 10.2 Å². The van der Waals surface area contributed by atoms with Gasteiger partial charge >= 0.3 is 6.03 Å². The molecule has 6 heteroatoms. The summed E-state index contributed by atoms with van der Waals surface area (Å²) in [6.07, 6.45) is 0.540. The Morgan fingerprint density at radius 2 is 2.11 bits per heavy atom. The van der Waals surface area contributed by atoms with Crippen LogP contribution in [0.3, 0.4) is 0 Å². The summed E-state index contributed by atoms with van der Waals surface area (Å²) in [6.45, 7) is 3.70. The van der Waals surface area contributed by atoms with Crippen molar-refractivity contribution in [2.45, 2.75) is 32.4 Å². The molecule has 1 aromatic carbocycles. The van der Waals surface area contributed by atoms with Gasteiger partial charge in [0.05, 0.1) is 6.54 Å². The van der Waals surface area contributed by atoms with Gasteiger partial charge in [-0.25, -0.2) is 4.79 Å². The van der Waals surface area contributed by atoms with Gasteiger partial charge < -0.3 is 11.1 Å². The number of halogens is 1. The van der Waals surface area contributed by atoms with E-state index in [-0.39, 0.29) is 12.5 Å². The number of anilines is 1. The van der Waals surface area contributed by atoms with Crippen LogP contribution < -0.4 is 11.1 Å². The standard InChI is InChI=1S/C13H16ClN3O2/c1-3-13(2)11(18)17(12(19)16-13)7-8-6-9(15)4-5-10(8)14/h4-6H,3,7,15H2,1-2H3,(H,16,19). The Balaban J connectivity index is 2.27. The molecule has 1 atom stereocenters. The molecule has 1 aromatic rings. The zero-order chi connectivity index (χ0) is 14.2. The van der Waals surface area contributed by atoms with Gasteiger partial charge in [-0.3, -0.25) is 9.69 Å². The second-order valence-corrected chi connectivity index (χ2v) is 5.27. The number of hydrogen-bond donors (Lipinski definition) is 2. The molecule has 1 heterocycles. The topological polar surface area (TPSA) is 75.4 Å². The minimum absolute atomic E-state index is 0.129. The van der Waals surface area contributed by atoms with Crippen LogP contribution in [-0.2, 0) is 11.3 Å². The van der Waals surface area contributed by atoms with Gasteiger partial charge in [-0.15, -0.1) is 0 Å². The molecule has 3 amide bonds. The fourth-order valence-electron chi connectivity index (χ4n) is 2.02. The number of nitrogens with one attached hydrogen (secondary N) is 1. The van der Waals surface area contributed by atoms with E-state index in [2.05, 4.69) is 5.32 Å². The highest BCUT2D eigenvalue weighted by Gasteiger charge is 2.46. The summed E-state index contributed by atoms with van der Waals surface area (Å²) in [5.74, 6) is -0.238. The van der Waals surface area contributed by atoms with Crippen LogP contribution in [0.5, 0.6) is 0 Å². The normalized spacial score (nSPS) is 22.8. The van der Waals surface area contributed by atoms with Gasteiger partial charge in [0.1, 0.15) is 5.54 Å². The van der Waals surface area contributed by atoms with E-state index in [1.54, 1.807) is 25.1 Å². The summed E-state index contributed by atoms with van der Waals surface area (Å²) in [6, 6.07) is 4.61. The Labute approximate surface area is 116 Å². The molecule has 1 aliphatic heterocycles. The number of carbonyl (C=O) groups is 2. The lowest BCUT2D eigenvalue weighted by Crippen LogP contribution is -2.43. The SMILES string of the molecule is CCC1(C)NC(=O)N(Cc2cc(N)ccc2Cl)C1=O. The smallest absolute Gasteiger partial charge is 0.325 e. The highest BCUT2D eigenvalue weighted by atomic mass is 35.5. The molecule has 0 aromatic heterocycles. The molecule has 0 radical (unpaired) electrons. The summed E-state index contributed by atoms with van der Waals surface area (Å²) >= 11 is 6.05. The van der Waals surface area contributed by atoms with Crippen LogP contribution in [0.25, 0.3) is 0 Å². The monoisotopic (exact) mass is 281 g/mol. The summed E-state index contributed by atoms with van der Waals surface area (Å²) in [5, 5.41) is 3.18. The van der Waals surface area contributed by atoms with Crippen molar-refractivity contribution in [3.63, 3.8) is 0 Å². The van der Waals surface area contributed by atoms with Crippen LogP contribution in [0, 0.1) is 0 Å². The molecule has 5 nitrogen and oxygen atoms in total. The Morgan fingerprint density at radius 1 is 1.42 bits per heavy atom. The van der Waals surface area contributed by atoms with Crippen LogP contribution in [-0.4, -0.2) is 22.4 Å². The van der Waals surface area contributed by atoms with E-state index < -0.39 is 11.6 Å². The maximum atomic E-state index is 12.2. The van der Waals surface area contributed by atoms with Gasteiger partial charge in [-0.1, -0.05) is 18.5 Å². The van der Waals surface area contributed by atoms with Gasteiger partial charge in [0.2, 0.25) is 0 Å². The Morgan fingerprint density at radius 3 is 2.68 bits per heavy atom. The molecule has 0 aliphatic carbocycles. The largest absolute Gasteiger partial charge is 0.399 e. The number of imide groups is 1. The maximum absolute atomic E-state index is 12.2. The van der Waals surface area contributed by atoms with Crippen molar-refractivity contribution in [2.75, 3.05) is 5.73 Å². The van der Waals surface area contributed by atoms with Crippen LogP contribution >= 0.6 is 11.6 Å². The number of rotatable bonds is 3. The van der Waals surface area contributed by atoms with Gasteiger partial charge in [0.25, 0.3) is 5.91 Å². The van der Waals surface area contributed by atoms with Crippen LogP contribution in [0.4, 0.5) is 10.5 Å². The Kier molecular flexibility index (Phi) is 3.41. The summed E-state index contributed by atoms with van der Waals surface area (Å²) in [4.78, 5) is 25.3.